The third-order valence-electron chi connectivity index (χ3n) is 9.50. The Kier molecular flexibility index (Phi) is 15.4. The van der Waals surface area contributed by atoms with Crippen LogP contribution in [0.1, 0.15) is 58.7 Å². The molecule has 8 heterocycles. The maximum Gasteiger partial charge on any atom is 0.412 e. The van der Waals surface area contributed by atoms with Crippen molar-refractivity contribution in [2.45, 2.75) is 26.3 Å². The van der Waals surface area contributed by atoms with Gasteiger partial charge in [0.1, 0.15) is 23.0 Å². The molecule has 0 bridgehead atoms. The molecule has 0 aromatic carbocycles. The first kappa shape index (κ1) is 46.0. The number of nitrogens with zero attached hydrogens (tertiary/aromatic N) is 12. The van der Waals surface area contributed by atoms with Gasteiger partial charge in [-0.1, -0.05) is 23.2 Å². The minimum absolute atomic E-state index is 0.0872. The minimum atomic E-state index is -1.17. The molecule has 0 spiro atoms. The molecule has 25 heteroatoms. The Morgan fingerprint density at radius 3 is 1.46 bits per heavy atom. The van der Waals surface area contributed by atoms with Gasteiger partial charge in [0.25, 0.3) is 11.8 Å². The number of anilines is 2. The van der Waals surface area contributed by atoms with Crippen LogP contribution < -0.4 is 9.80 Å². The zero-order valence-electron chi connectivity index (χ0n) is 33.6. The fourth-order valence-corrected chi connectivity index (χ4v) is 6.80. The molecule has 332 valence electrons. The van der Waals surface area contributed by atoms with E-state index in [1.807, 2.05) is 0 Å². The molecule has 1 N–H and O–H groups in total. The minimum Gasteiger partial charge on any atom is -0.450 e. The van der Waals surface area contributed by atoms with Crippen LogP contribution in [0.4, 0.5) is 30.8 Å². The third kappa shape index (κ3) is 10.8. The Bertz CT molecular complexity index is 2300. The number of aliphatic hydroxyl groups is 1. The number of hydrogen-bond donors (Lipinski definition) is 1. The van der Waals surface area contributed by atoms with E-state index >= 15 is 0 Å². The van der Waals surface area contributed by atoms with Crippen LogP contribution >= 0.6 is 34.8 Å². The summed E-state index contributed by atoms with van der Waals surface area (Å²) in [6.07, 6.45) is 4.76. The van der Waals surface area contributed by atoms with Crippen molar-refractivity contribution in [2.24, 2.45) is 0 Å². The second-order valence-electron chi connectivity index (χ2n) is 13.3. The summed E-state index contributed by atoms with van der Waals surface area (Å²) < 4.78 is 15.5. The molecule has 2 saturated heterocycles. The van der Waals surface area contributed by atoms with E-state index in [9.17, 15) is 33.9 Å². The normalized spacial score (nSPS) is 17.7. The van der Waals surface area contributed by atoms with Crippen molar-refractivity contribution in [3.05, 3.63) is 94.3 Å². The molecule has 22 nitrogen and oxygen atoms in total. The van der Waals surface area contributed by atoms with Gasteiger partial charge in [-0.3, -0.25) is 29.3 Å². The number of aromatic nitrogens is 6. The second kappa shape index (κ2) is 21.1. The number of ether oxygens (including phenoxy) is 3. The third-order valence-corrected chi connectivity index (χ3v) is 10.2. The van der Waals surface area contributed by atoms with Gasteiger partial charge in [0.2, 0.25) is 6.23 Å². The molecule has 8 rings (SSSR count). The smallest absolute Gasteiger partial charge is 0.412 e. The Morgan fingerprint density at radius 1 is 0.603 bits per heavy atom. The average Bonchev–Trinajstić information content (AvgIpc) is 3.72. The molecule has 2 unspecified atom stereocenters. The molecule has 4 aliphatic heterocycles. The van der Waals surface area contributed by atoms with Crippen molar-refractivity contribution in [1.82, 2.24) is 49.5 Å². The fourth-order valence-electron chi connectivity index (χ4n) is 6.41. The number of rotatable bonds is 5. The Labute approximate surface area is 374 Å². The zero-order valence-corrected chi connectivity index (χ0v) is 35.9. The van der Waals surface area contributed by atoms with Crippen LogP contribution in [0.5, 0.6) is 0 Å². The highest BCUT2D eigenvalue weighted by atomic mass is 35.5. The van der Waals surface area contributed by atoms with Gasteiger partial charge in [0, 0.05) is 89.5 Å². The quantitative estimate of drug-likeness (QED) is 0.166. The van der Waals surface area contributed by atoms with Crippen LogP contribution in [0, 0.1) is 0 Å². The summed E-state index contributed by atoms with van der Waals surface area (Å²) >= 11 is 16.9. The highest BCUT2D eigenvalue weighted by Gasteiger charge is 2.45. The van der Waals surface area contributed by atoms with E-state index in [2.05, 4.69) is 29.9 Å². The number of piperazine rings is 2. The topological polar surface area (TPSA) is 247 Å². The lowest BCUT2D eigenvalue weighted by Gasteiger charge is -2.34. The largest absolute Gasteiger partial charge is 0.450 e. The number of carbonyl (C=O) groups is 6. The maximum absolute atomic E-state index is 12.9. The van der Waals surface area contributed by atoms with Gasteiger partial charge in [-0.25, -0.2) is 39.2 Å². The van der Waals surface area contributed by atoms with Crippen molar-refractivity contribution in [3.63, 3.8) is 0 Å². The van der Waals surface area contributed by atoms with E-state index in [-0.39, 0.29) is 54.4 Å². The molecule has 0 radical (unpaired) electrons. The number of amides is 6. The number of aliphatic hydroxyl groups excluding tert-OH is 1. The predicted octanol–water partition coefficient (Wildman–Crippen LogP) is 4.39. The van der Waals surface area contributed by atoms with Crippen LogP contribution in [0.2, 0.25) is 10.0 Å². The maximum atomic E-state index is 12.9. The van der Waals surface area contributed by atoms with Gasteiger partial charge in [0.05, 0.1) is 23.3 Å². The van der Waals surface area contributed by atoms with Crippen LogP contribution in [-0.2, 0) is 14.2 Å². The zero-order chi connectivity index (χ0) is 45.2. The lowest BCUT2D eigenvalue weighted by atomic mass is 10.3. The van der Waals surface area contributed by atoms with Gasteiger partial charge in [0.15, 0.2) is 17.6 Å². The number of pyridine rings is 2. The van der Waals surface area contributed by atoms with Crippen molar-refractivity contribution in [2.75, 3.05) is 75.4 Å². The van der Waals surface area contributed by atoms with E-state index in [4.69, 9.17) is 49.0 Å². The first-order valence-corrected chi connectivity index (χ1v) is 20.4. The van der Waals surface area contributed by atoms with Crippen molar-refractivity contribution >= 4 is 81.9 Å². The summed E-state index contributed by atoms with van der Waals surface area (Å²) in [5, 5.41) is 10.5. The van der Waals surface area contributed by atoms with Gasteiger partial charge >= 0.3 is 23.6 Å². The number of hydrogen-bond acceptors (Lipinski definition) is 16. The van der Waals surface area contributed by atoms with Crippen LogP contribution in [0.25, 0.3) is 0 Å². The molecule has 0 saturated carbocycles. The van der Waals surface area contributed by atoms with E-state index in [0.717, 1.165) is 4.90 Å². The highest BCUT2D eigenvalue weighted by molar-refractivity contribution is 6.62. The standard InChI is InChI=1S/C19H19ClN6O5.C11H7ClN4O2.C8H13ClN2O3/c1-2-30-18(28)24-7-9-25(10-8-24)19(29)31-17-15-14(21-5-6-22-15)16(27)26(17)13-4-3-12(20)11-23-13;12-6-1-2-7(15-5-6)16-10(17)8-9(11(16)18)14-4-3-13-8;1-2-14-8(13)11-5-3-10(4-6-11)7(9)12/h3-6,11,17H,2,7-10H2,1H3;1-5,10,17H;2-6H2,1H3. The van der Waals surface area contributed by atoms with Crippen molar-refractivity contribution < 1.29 is 48.1 Å². The van der Waals surface area contributed by atoms with E-state index < -0.39 is 41.8 Å². The number of fused-ring (bicyclic) bond motifs is 2. The number of carbonyl (C=O) groups excluding carboxylic acids is 6. The molecule has 4 aromatic rings. The lowest BCUT2D eigenvalue weighted by molar-refractivity contribution is 0.0402. The summed E-state index contributed by atoms with van der Waals surface area (Å²) in [4.78, 5) is 104. The van der Waals surface area contributed by atoms with E-state index in [0.29, 0.717) is 61.7 Å². The van der Waals surface area contributed by atoms with E-state index in [1.54, 1.807) is 43.0 Å². The van der Waals surface area contributed by atoms with E-state index in [1.165, 1.54) is 56.8 Å². The van der Waals surface area contributed by atoms with Crippen LogP contribution in [-0.4, -0.2) is 156 Å². The van der Waals surface area contributed by atoms with Gasteiger partial charge in [-0.2, -0.15) is 0 Å². The Morgan fingerprint density at radius 2 is 1.02 bits per heavy atom. The first-order chi connectivity index (χ1) is 30.3. The SMILES string of the molecule is CCOC(=O)N1CCN(C(=O)Cl)CC1.CCOC(=O)N1CCN(C(=O)OC2c3nccnc3C(=O)N2c2ccc(Cl)cn2)CC1.O=C1c2nccnc2C(O)N1c1ccc(Cl)cn1. The van der Waals surface area contributed by atoms with Crippen LogP contribution in [0.3, 0.4) is 0 Å². The molecule has 4 aliphatic rings. The summed E-state index contributed by atoms with van der Waals surface area (Å²) in [6, 6.07) is 6.27. The van der Waals surface area contributed by atoms with Crippen LogP contribution in [0.15, 0.2) is 61.4 Å². The van der Waals surface area contributed by atoms with Crippen molar-refractivity contribution in [1.29, 1.82) is 0 Å². The summed E-state index contributed by atoms with van der Waals surface area (Å²) in [7, 11) is 0. The van der Waals surface area contributed by atoms with Gasteiger partial charge in [-0.15, -0.1) is 0 Å². The summed E-state index contributed by atoms with van der Waals surface area (Å²) in [5.41, 5.74) is 0.688. The van der Waals surface area contributed by atoms with Gasteiger partial charge in [-0.05, 0) is 49.7 Å². The lowest BCUT2D eigenvalue weighted by Crippen LogP contribution is -2.51. The first-order valence-electron chi connectivity index (χ1n) is 19.3. The Balaban J connectivity index is 0.000000174. The second-order valence-corrected chi connectivity index (χ2v) is 14.5. The highest BCUT2D eigenvalue weighted by Crippen LogP contribution is 2.36. The molecule has 63 heavy (non-hydrogen) atoms. The molecule has 2 atom stereocenters. The Hall–Kier alpha value is -6.49. The molecule has 6 amide bonds. The molecular formula is C38H39Cl3N12O10. The number of halogens is 3. The summed E-state index contributed by atoms with van der Waals surface area (Å²) in [6.45, 7) is 7.23. The molecule has 0 aliphatic carbocycles. The molecular weight excluding hydrogens is 891 g/mol. The molecule has 4 aromatic heterocycles. The summed E-state index contributed by atoms with van der Waals surface area (Å²) in [5.74, 6) is -0.362. The predicted molar refractivity (Wildman–Crippen MR) is 222 cm³/mol. The van der Waals surface area contributed by atoms with Crippen molar-refractivity contribution in [3.8, 4) is 0 Å². The average molecular weight is 930 g/mol. The fraction of sp³-hybridized carbons (Fsp3) is 0.368. The monoisotopic (exact) mass is 928 g/mol. The van der Waals surface area contributed by atoms with Gasteiger partial charge < -0.3 is 38.9 Å². The molecule has 2 fully saturated rings.